The molecular formula is C6H15N3. The maximum Gasteiger partial charge on any atom is 0.0151 e. The molecule has 0 fully saturated rings. The van der Waals surface area contributed by atoms with E-state index in [1.165, 1.54) is 6.20 Å². The molecule has 0 saturated carbocycles. The van der Waals surface area contributed by atoms with E-state index < -0.39 is 0 Å². The minimum atomic E-state index is 0.749. The molecule has 0 aliphatic rings. The second-order valence-corrected chi connectivity index (χ2v) is 1.77. The van der Waals surface area contributed by atoms with Crippen molar-refractivity contribution in [2.45, 2.75) is 6.42 Å². The number of nitrogens with two attached hydrogens (primary N) is 2. The summed E-state index contributed by atoms with van der Waals surface area (Å²) < 4.78 is 0. The van der Waals surface area contributed by atoms with Gasteiger partial charge >= 0.3 is 0 Å². The Balaban J connectivity index is 2.75. The molecule has 0 aromatic carbocycles. The predicted octanol–water partition coefficient (Wildman–Crippen LogP) is -0.603. The first-order valence-electron chi connectivity index (χ1n) is 3.19. The number of nitrogens with one attached hydrogen (secondary N) is 1. The highest BCUT2D eigenvalue weighted by molar-refractivity contribution is 4.77. The summed E-state index contributed by atoms with van der Waals surface area (Å²) in [7, 11) is 0. The van der Waals surface area contributed by atoms with Gasteiger partial charge in [-0.25, -0.2) is 0 Å². The molecule has 0 aromatic heterocycles. The van der Waals surface area contributed by atoms with E-state index in [-0.39, 0.29) is 0 Å². The van der Waals surface area contributed by atoms with Gasteiger partial charge in [-0.05, 0) is 25.7 Å². The van der Waals surface area contributed by atoms with Gasteiger partial charge < -0.3 is 16.8 Å². The summed E-state index contributed by atoms with van der Waals surface area (Å²) in [6, 6.07) is 0. The van der Waals surface area contributed by atoms with Crippen LogP contribution >= 0.6 is 0 Å². The first-order valence-corrected chi connectivity index (χ1v) is 3.19. The third-order valence-electron chi connectivity index (χ3n) is 0.956. The van der Waals surface area contributed by atoms with Crippen LogP contribution in [0.5, 0.6) is 0 Å². The average Bonchev–Trinajstić information content (AvgIpc) is 1.89. The van der Waals surface area contributed by atoms with Crippen molar-refractivity contribution in [1.82, 2.24) is 5.32 Å². The topological polar surface area (TPSA) is 64.1 Å². The summed E-state index contributed by atoms with van der Waals surface area (Å²) >= 11 is 0. The molecule has 5 N–H and O–H groups in total. The highest BCUT2D eigenvalue weighted by Crippen LogP contribution is 1.68. The zero-order valence-electron chi connectivity index (χ0n) is 5.64. The first-order chi connectivity index (χ1) is 4.41. The Hall–Kier alpha value is -0.540. The lowest BCUT2D eigenvalue weighted by atomic mass is 10.4. The van der Waals surface area contributed by atoms with Crippen LogP contribution < -0.4 is 16.8 Å². The van der Waals surface area contributed by atoms with E-state index >= 15 is 0 Å². The van der Waals surface area contributed by atoms with Crippen molar-refractivity contribution >= 4 is 0 Å². The molecule has 0 radical (unpaired) electrons. The summed E-state index contributed by atoms with van der Waals surface area (Å²) in [5.74, 6) is 0. The Morgan fingerprint density at radius 1 is 1.44 bits per heavy atom. The van der Waals surface area contributed by atoms with Gasteiger partial charge in [-0.1, -0.05) is 6.08 Å². The molecule has 0 aliphatic heterocycles. The van der Waals surface area contributed by atoms with Crippen LogP contribution in [0.25, 0.3) is 0 Å². The maximum absolute atomic E-state index is 5.26. The van der Waals surface area contributed by atoms with E-state index in [1.54, 1.807) is 0 Å². The van der Waals surface area contributed by atoms with E-state index in [0.717, 1.165) is 26.1 Å². The average molecular weight is 129 g/mol. The van der Waals surface area contributed by atoms with Gasteiger partial charge in [0, 0.05) is 6.54 Å². The lowest BCUT2D eigenvalue weighted by Crippen LogP contribution is -2.18. The number of hydrogen-bond donors (Lipinski definition) is 3. The second-order valence-electron chi connectivity index (χ2n) is 1.77. The lowest BCUT2D eigenvalue weighted by molar-refractivity contribution is 0.699. The largest absolute Gasteiger partial charge is 0.405 e. The normalized spacial score (nSPS) is 10.8. The molecule has 0 bridgehead atoms. The lowest BCUT2D eigenvalue weighted by Gasteiger charge is -1.96. The van der Waals surface area contributed by atoms with Crippen molar-refractivity contribution in [1.29, 1.82) is 0 Å². The van der Waals surface area contributed by atoms with Crippen LogP contribution in [0.4, 0.5) is 0 Å². The number of rotatable bonds is 5. The summed E-state index contributed by atoms with van der Waals surface area (Å²) in [5.41, 5.74) is 10.4. The molecule has 3 nitrogen and oxygen atoms in total. The van der Waals surface area contributed by atoms with E-state index in [2.05, 4.69) is 5.32 Å². The van der Waals surface area contributed by atoms with E-state index in [4.69, 9.17) is 11.5 Å². The molecule has 3 heteroatoms. The molecule has 0 heterocycles. The van der Waals surface area contributed by atoms with Crippen molar-refractivity contribution in [2.24, 2.45) is 11.5 Å². The van der Waals surface area contributed by atoms with Crippen molar-refractivity contribution in [3.63, 3.8) is 0 Å². The molecule has 0 aromatic rings. The van der Waals surface area contributed by atoms with Crippen LogP contribution in [0.3, 0.4) is 0 Å². The van der Waals surface area contributed by atoms with Gasteiger partial charge in [-0.3, -0.25) is 0 Å². The Labute approximate surface area is 56.1 Å². The van der Waals surface area contributed by atoms with Crippen molar-refractivity contribution < 1.29 is 0 Å². The molecule has 0 aliphatic carbocycles. The molecule has 0 amide bonds. The third kappa shape index (κ3) is 7.46. The molecule has 0 rings (SSSR count). The fourth-order valence-corrected chi connectivity index (χ4v) is 0.480. The zero-order valence-corrected chi connectivity index (χ0v) is 5.64. The molecule has 0 saturated heterocycles. The van der Waals surface area contributed by atoms with Crippen LogP contribution in [0.1, 0.15) is 6.42 Å². The third-order valence-corrected chi connectivity index (χ3v) is 0.956. The van der Waals surface area contributed by atoms with Gasteiger partial charge in [0.2, 0.25) is 0 Å². The first kappa shape index (κ1) is 8.46. The van der Waals surface area contributed by atoms with Crippen LogP contribution in [-0.2, 0) is 0 Å². The van der Waals surface area contributed by atoms with Gasteiger partial charge in [0.25, 0.3) is 0 Å². The van der Waals surface area contributed by atoms with Crippen LogP contribution in [0.2, 0.25) is 0 Å². The van der Waals surface area contributed by atoms with Gasteiger partial charge in [0.1, 0.15) is 0 Å². The minimum absolute atomic E-state index is 0.749. The Bertz CT molecular complexity index is 70.7. The smallest absolute Gasteiger partial charge is 0.0151 e. The van der Waals surface area contributed by atoms with Crippen molar-refractivity contribution in [3.05, 3.63) is 12.3 Å². The molecule has 0 spiro atoms. The zero-order chi connectivity index (χ0) is 6.95. The molecule has 0 atom stereocenters. The van der Waals surface area contributed by atoms with E-state index in [1.807, 2.05) is 6.08 Å². The summed E-state index contributed by atoms with van der Waals surface area (Å²) in [6.45, 7) is 2.57. The van der Waals surface area contributed by atoms with Gasteiger partial charge in [0.05, 0.1) is 0 Å². The monoisotopic (exact) mass is 129 g/mol. The van der Waals surface area contributed by atoms with E-state index in [9.17, 15) is 0 Å². The van der Waals surface area contributed by atoms with Crippen molar-refractivity contribution in [2.75, 3.05) is 19.6 Å². The van der Waals surface area contributed by atoms with Gasteiger partial charge in [-0.15, -0.1) is 0 Å². The summed E-state index contributed by atoms with van der Waals surface area (Å²) in [6.07, 6.45) is 4.43. The molecule has 0 unspecified atom stereocenters. The maximum atomic E-state index is 5.26. The SMILES string of the molecule is N/C=C/CNCCCN. The summed E-state index contributed by atoms with van der Waals surface area (Å²) in [4.78, 5) is 0. The van der Waals surface area contributed by atoms with Gasteiger partial charge in [-0.2, -0.15) is 0 Å². The molecule has 9 heavy (non-hydrogen) atoms. The fraction of sp³-hybridized carbons (Fsp3) is 0.667. The summed E-state index contributed by atoms with van der Waals surface area (Å²) in [5, 5.41) is 3.14. The molecule has 54 valence electrons. The van der Waals surface area contributed by atoms with Crippen LogP contribution in [0, 0.1) is 0 Å². The standard InChI is InChI=1S/C6H15N3/c7-3-1-5-9-6-2-4-8/h1,3,9H,2,4-8H2/b3-1+. The van der Waals surface area contributed by atoms with Crippen molar-refractivity contribution in [3.8, 4) is 0 Å². The molecular weight excluding hydrogens is 114 g/mol. The highest BCUT2D eigenvalue weighted by Gasteiger charge is 1.79. The van der Waals surface area contributed by atoms with Gasteiger partial charge in [0.15, 0.2) is 0 Å². The van der Waals surface area contributed by atoms with E-state index in [0.29, 0.717) is 0 Å². The van der Waals surface area contributed by atoms with Crippen LogP contribution in [0.15, 0.2) is 12.3 Å². The number of hydrogen-bond acceptors (Lipinski definition) is 3. The fourth-order valence-electron chi connectivity index (χ4n) is 0.480. The Morgan fingerprint density at radius 3 is 2.78 bits per heavy atom. The minimum Gasteiger partial charge on any atom is -0.405 e. The van der Waals surface area contributed by atoms with Crippen LogP contribution in [-0.4, -0.2) is 19.6 Å². The Kier molecular flexibility index (Phi) is 7.01. The highest BCUT2D eigenvalue weighted by atomic mass is 14.8. The predicted molar refractivity (Wildman–Crippen MR) is 39.9 cm³/mol. The quantitative estimate of drug-likeness (QED) is 0.434. The second kappa shape index (κ2) is 7.46. The Morgan fingerprint density at radius 2 is 2.22 bits per heavy atom.